The van der Waals surface area contributed by atoms with Gasteiger partial charge in [0.05, 0.1) is 6.04 Å². The van der Waals surface area contributed by atoms with Crippen LogP contribution in [0.1, 0.15) is 57.1 Å². The summed E-state index contributed by atoms with van der Waals surface area (Å²) in [5.41, 5.74) is 1.26. The molecule has 3 aliphatic rings. The second-order valence-corrected chi connectivity index (χ2v) is 7.89. The summed E-state index contributed by atoms with van der Waals surface area (Å²) in [6, 6.07) is 8.89. The first kappa shape index (κ1) is 14.6. The van der Waals surface area contributed by atoms with Gasteiger partial charge in [-0.05, 0) is 68.1 Å². The maximum Gasteiger partial charge on any atom is 0.226 e. The van der Waals surface area contributed by atoms with Gasteiger partial charge in [-0.15, -0.1) is 0 Å². The van der Waals surface area contributed by atoms with Crippen LogP contribution in [0.15, 0.2) is 24.3 Å². The van der Waals surface area contributed by atoms with Crippen molar-refractivity contribution in [2.45, 2.75) is 57.5 Å². The summed E-state index contributed by atoms with van der Waals surface area (Å²) in [4.78, 5) is 15.3. The first-order valence-corrected chi connectivity index (χ1v) is 9.10. The summed E-state index contributed by atoms with van der Waals surface area (Å²) in [7, 11) is 0. The van der Waals surface area contributed by atoms with Gasteiger partial charge in [-0.25, -0.2) is 0 Å². The lowest BCUT2D eigenvalue weighted by Crippen LogP contribution is -2.50. The summed E-state index contributed by atoms with van der Waals surface area (Å²) in [6.07, 6.45) is 7.34. The average Bonchev–Trinajstić information content (AvgIpc) is 3.39. The van der Waals surface area contributed by atoms with Gasteiger partial charge in [0, 0.05) is 17.0 Å². The largest absolute Gasteiger partial charge is 0.332 e. The number of amides is 1. The van der Waals surface area contributed by atoms with E-state index in [0.29, 0.717) is 11.9 Å². The molecule has 3 fully saturated rings. The van der Waals surface area contributed by atoms with E-state index in [0.717, 1.165) is 29.7 Å². The van der Waals surface area contributed by atoms with E-state index in [2.05, 4.69) is 24.0 Å². The normalized spacial score (nSPS) is 29.2. The predicted molar refractivity (Wildman–Crippen MR) is 88.7 cm³/mol. The fourth-order valence-corrected chi connectivity index (χ4v) is 4.29. The van der Waals surface area contributed by atoms with Crippen LogP contribution in [-0.4, -0.2) is 16.8 Å². The van der Waals surface area contributed by atoms with Gasteiger partial charge in [0.1, 0.15) is 0 Å². The molecule has 118 valence electrons. The zero-order valence-electron chi connectivity index (χ0n) is 13.2. The minimum absolute atomic E-state index is 0.184. The Bertz CT molecular complexity index is 549. The SMILES string of the molecule is CC1CC[C@@H](c2ccc(Cl)cc2)N(C(C2CC2)C2CC2)C1=O. The number of carbonyl (C=O) groups excluding carboxylic acids is 1. The van der Waals surface area contributed by atoms with E-state index in [4.69, 9.17) is 11.6 Å². The van der Waals surface area contributed by atoms with Crippen molar-refractivity contribution < 1.29 is 4.79 Å². The Morgan fingerprint density at radius 3 is 2.14 bits per heavy atom. The summed E-state index contributed by atoms with van der Waals surface area (Å²) < 4.78 is 0. The van der Waals surface area contributed by atoms with E-state index in [-0.39, 0.29) is 12.0 Å². The summed E-state index contributed by atoms with van der Waals surface area (Å²) in [5, 5.41) is 0.770. The molecule has 0 bridgehead atoms. The van der Waals surface area contributed by atoms with Crippen molar-refractivity contribution in [3.8, 4) is 0 Å². The molecule has 0 aromatic heterocycles. The zero-order chi connectivity index (χ0) is 15.3. The molecular weight excluding hydrogens is 294 g/mol. The molecule has 4 rings (SSSR count). The van der Waals surface area contributed by atoms with E-state index in [9.17, 15) is 4.79 Å². The molecule has 0 spiro atoms. The summed E-state index contributed by atoms with van der Waals surface area (Å²) in [6.45, 7) is 2.10. The van der Waals surface area contributed by atoms with Crippen LogP contribution in [0.25, 0.3) is 0 Å². The summed E-state index contributed by atoms with van der Waals surface area (Å²) in [5.74, 6) is 2.09. The number of piperidine rings is 1. The molecule has 1 aromatic rings. The van der Waals surface area contributed by atoms with Crippen LogP contribution in [0.3, 0.4) is 0 Å². The number of hydrogen-bond acceptors (Lipinski definition) is 1. The molecule has 0 radical (unpaired) electrons. The highest BCUT2D eigenvalue weighted by atomic mass is 35.5. The fourth-order valence-electron chi connectivity index (χ4n) is 4.16. The van der Waals surface area contributed by atoms with Crippen molar-refractivity contribution >= 4 is 17.5 Å². The highest BCUT2D eigenvalue weighted by Gasteiger charge is 2.50. The van der Waals surface area contributed by atoms with Crippen molar-refractivity contribution in [2.24, 2.45) is 17.8 Å². The monoisotopic (exact) mass is 317 g/mol. The van der Waals surface area contributed by atoms with Crippen LogP contribution >= 0.6 is 11.6 Å². The van der Waals surface area contributed by atoms with Crippen LogP contribution in [0.5, 0.6) is 0 Å². The fraction of sp³-hybridized carbons (Fsp3) is 0.632. The lowest BCUT2D eigenvalue weighted by molar-refractivity contribution is -0.146. The van der Waals surface area contributed by atoms with Gasteiger partial charge in [-0.2, -0.15) is 0 Å². The van der Waals surface area contributed by atoms with Crippen molar-refractivity contribution in [3.63, 3.8) is 0 Å². The van der Waals surface area contributed by atoms with Crippen LogP contribution in [0, 0.1) is 17.8 Å². The zero-order valence-corrected chi connectivity index (χ0v) is 13.9. The van der Waals surface area contributed by atoms with E-state index in [1.807, 2.05) is 12.1 Å². The van der Waals surface area contributed by atoms with Gasteiger partial charge in [0.2, 0.25) is 5.91 Å². The van der Waals surface area contributed by atoms with Crippen molar-refractivity contribution in [2.75, 3.05) is 0 Å². The maximum absolute atomic E-state index is 13.0. The molecule has 2 saturated carbocycles. The number of carbonyl (C=O) groups is 1. The first-order valence-electron chi connectivity index (χ1n) is 8.73. The lowest BCUT2D eigenvalue weighted by atomic mass is 9.86. The predicted octanol–water partition coefficient (Wildman–Crippen LogP) is 4.83. The molecule has 1 unspecified atom stereocenters. The second-order valence-electron chi connectivity index (χ2n) is 7.46. The van der Waals surface area contributed by atoms with Gasteiger partial charge < -0.3 is 4.90 Å². The van der Waals surface area contributed by atoms with Crippen molar-refractivity contribution in [3.05, 3.63) is 34.9 Å². The number of halogens is 1. The molecule has 0 N–H and O–H groups in total. The van der Waals surface area contributed by atoms with Crippen molar-refractivity contribution in [1.82, 2.24) is 4.90 Å². The van der Waals surface area contributed by atoms with Crippen LogP contribution < -0.4 is 0 Å². The van der Waals surface area contributed by atoms with Gasteiger partial charge in [-0.1, -0.05) is 30.7 Å². The molecule has 1 aromatic carbocycles. The minimum atomic E-state index is 0.184. The molecule has 1 amide bonds. The number of nitrogens with zero attached hydrogens (tertiary/aromatic N) is 1. The Labute approximate surface area is 137 Å². The van der Waals surface area contributed by atoms with Crippen LogP contribution in [0.2, 0.25) is 5.02 Å². The Morgan fingerprint density at radius 1 is 1.00 bits per heavy atom. The van der Waals surface area contributed by atoms with Gasteiger partial charge in [0.15, 0.2) is 0 Å². The Morgan fingerprint density at radius 2 is 1.59 bits per heavy atom. The molecular formula is C19H24ClNO. The number of hydrogen-bond donors (Lipinski definition) is 0. The smallest absolute Gasteiger partial charge is 0.226 e. The van der Waals surface area contributed by atoms with Gasteiger partial charge in [-0.3, -0.25) is 4.79 Å². The third kappa shape index (κ3) is 2.67. The maximum atomic E-state index is 13.0. The molecule has 2 aliphatic carbocycles. The molecule has 2 atom stereocenters. The quantitative estimate of drug-likeness (QED) is 0.779. The van der Waals surface area contributed by atoms with Crippen molar-refractivity contribution in [1.29, 1.82) is 0 Å². The summed E-state index contributed by atoms with van der Waals surface area (Å²) >= 11 is 6.04. The second kappa shape index (κ2) is 5.56. The van der Waals surface area contributed by atoms with E-state index in [1.165, 1.54) is 31.2 Å². The highest BCUT2D eigenvalue weighted by Crippen LogP contribution is 2.51. The number of benzene rings is 1. The Hall–Kier alpha value is -1.02. The first-order chi connectivity index (χ1) is 10.6. The van der Waals surface area contributed by atoms with Gasteiger partial charge >= 0.3 is 0 Å². The molecule has 1 aliphatic heterocycles. The van der Waals surface area contributed by atoms with E-state index >= 15 is 0 Å². The Balaban J connectivity index is 1.67. The number of likely N-dealkylation sites (tertiary alicyclic amines) is 1. The molecule has 2 nitrogen and oxygen atoms in total. The third-order valence-electron chi connectivity index (χ3n) is 5.67. The average molecular weight is 318 g/mol. The third-order valence-corrected chi connectivity index (χ3v) is 5.92. The van der Waals surface area contributed by atoms with Crippen LogP contribution in [-0.2, 0) is 4.79 Å². The van der Waals surface area contributed by atoms with Gasteiger partial charge in [0.25, 0.3) is 0 Å². The lowest BCUT2D eigenvalue weighted by Gasteiger charge is -2.44. The van der Waals surface area contributed by atoms with E-state index in [1.54, 1.807) is 0 Å². The molecule has 1 saturated heterocycles. The topological polar surface area (TPSA) is 20.3 Å². The Kier molecular flexibility index (Phi) is 3.68. The number of rotatable bonds is 4. The van der Waals surface area contributed by atoms with Crippen LogP contribution in [0.4, 0.5) is 0 Å². The molecule has 1 heterocycles. The standard InChI is InChI=1S/C19H24ClNO/c1-12-2-11-17(13-7-9-16(20)10-8-13)21(19(12)22)18(14-3-4-14)15-5-6-15/h7-10,12,14-15,17-18H,2-6,11H2,1H3/t12?,17-/m0/s1. The van der Waals surface area contributed by atoms with E-state index < -0.39 is 0 Å². The highest BCUT2D eigenvalue weighted by molar-refractivity contribution is 6.30. The molecule has 22 heavy (non-hydrogen) atoms. The molecule has 3 heteroatoms. The minimum Gasteiger partial charge on any atom is -0.332 e.